The van der Waals surface area contributed by atoms with E-state index in [4.69, 9.17) is 0 Å². The Morgan fingerprint density at radius 1 is 1.21 bits per heavy atom. The Morgan fingerprint density at radius 2 is 2.12 bits per heavy atom. The summed E-state index contributed by atoms with van der Waals surface area (Å²) in [5.41, 5.74) is 3.50. The number of thioether (sulfide) groups is 1. The lowest BCUT2D eigenvalue weighted by Gasteiger charge is -2.37. The lowest BCUT2D eigenvalue weighted by Crippen LogP contribution is -2.51. The summed E-state index contributed by atoms with van der Waals surface area (Å²) in [7, 11) is 0. The van der Waals surface area contributed by atoms with E-state index in [2.05, 4.69) is 42.3 Å². The zero-order chi connectivity index (χ0) is 23.5. The maximum atomic E-state index is 12.5. The van der Waals surface area contributed by atoms with Crippen LogP contribution in [0.4, 0.5) is 14.6 Å². The minimum atomic E-state index is -2.86. The number of nitrogens with one attached hydrogen (secondary N) is 2. The van der Waals surface area contributed by atoms with Gasteiger partial charge in [-0.05, 0) is 36.4 Å². The lowest BCUT2D eigenvalue weighted by atomic mass is 10.2. The van der Waals surface area contributed by atoms with Crippen molar-refractivity contribution >= 4 is 28.7 Å². The summed E-state index contributed by atoms with van der Waals surface area (Å²) in [5.74, 6) is 1.92. The van der Waals surface area contributed by atoms with E-state index in [1.165, 1.54) is 6.07 Å². The van der Waals surface area contributed by atoms with E-state index in [9.17, 15) is 8.78 Å². The molecule has 1 aliphatic heterocycles. The Kier molecular flexibility index (Phi) is 6.54. The number of nitrogens with zero attached hydrogens (tertiary/aromatic N) is 5. The van der Waals surface area contributed by atoms with Gasteiger partial charge in [-0.2, -0.15) is 13.9 Å². The molecule has 0 saturated carbocycles. The molecule has 8 nitrogen and oxygen atoms in total. The number of fused-ring (bicyclic) bond motifs is 1. The van der Waals surface area contributed by atoms with E-state index < -0.39 is 6.61 Å². The number of hydrogen-bond acceptors (Lipinski definition) is 8. The highest BCUT2D eigenvalue weighted by Gasteiger charge is 2.31. The van der Waals surface area contributed by atoms with E-state index >= 15 is 0 Å². The van der Waals surface area contributed by atoms with Crippen molar-refractivity contribution in [3.05, 3.63) is 60.6 Å². The number of anilines is 1. The third-order valence-electron chi connectivity index (χ3n) is 5.36. The Bertz CT molecular complexity index is 1290. The molecule has 0 bridgehead atoms. The van der Waals surface area contributed by atoms with Crippen molar-refractivity contribution in [2.75, 3.05) is 17.6 Å². The highest BCUT2D eigenvalue weighted by molar-refractivity contribution is 8.01. The molecule has 1 saturated heterocycles. The molecule has 0 spiro atoms. The normalized spacial score (nSPS) is 17.6. The minimum Gasteiger partial charge on any atom is -0.435 e. The average Bonchev–Trinajstić information content (AvgIpc) is 3.28. The van der Waals surface area contributed by atoms with Crippen molar-refractivity contribution in [3.8, 4) is 17.0 Å². The molecule has 34 heavy (non-hydrogen) atoms. The molecule has 3 aromatic heterocycles. The molecule has 2 atom stereocenters. The number of halogens is 2. The number of benzene rings is 1. The molecule has 1 aromatic carbocycles. The molecule has 5 rings (SSSR count). The van der Waals surface area contributed by atoms with Gasteiger partial charge in [0, 0.05) is 17.5 Å². The molecule has 2 unspecified atom stereocenters. The zero-order valence-electron chi connectivity index (χ0n) is 18.4. The van der Waals surface area contributed by atoms with Gasteiger partial charge < -0.3 is 15.4 Å². The lowest BCUT2D eigenvalue weighted by molar-refractivity contribution is -0.0498. The highest BCUT2D eigenvalue weighted by Crippen LogP contribution is 2.29. The molecule has 1 fully saturated rings. The number of ether oxygens (including phenoxy) is 1. The quantitative estimate of drug-likeness (QED) is 0.369. The Balaban J connectivity index is 1.31. The van der Waals surface area contributed by atoms with Gasteiger partial charge in [-0.3, -0.25) is 9.67 Å². The van der Waals surface area contributed by atoms with E-state index in [-0.39, 0.29) is 5.75 Å². The maximum absolute atomic E-state index is 12.5. The van der Waals surface area contributed by atoms with Gasteiger partial charge in [-0.25, -0.2) is 9.97 Å². The predicted molar refractivity (Wildman–Crippen MR) is 128 cm³/mol. The molecule has 0 aliphatic carbocycles. The van der Waals surface area contributed by atoms with Gasteiger partial charge in [-0.15, -0.1) is 11.8 Å². The molecular weight excluding hydrogens is 460 g/mol. The average molecular weight is 484 g/mol. The molecule has 4 aromatic rings. The Morgan fingerprint density at radius 3 is 2.91 bits per heavy atom. The minimum absolute atomic E-state index is 0.119. The number of pyridine rings is 1. The second-order valence-corrected chi connectivity index (χ2v) is 8.98. The van der Waals surface area contributed by atoms with Crippen LogP contribution in [0.1, 0.15) is 12.5 Å². The van der Waals surface area contributed by atoms with Gasteiger partial charge in [-0.1, -0.05) is 19.1 Å². The van der Waals surface area contributed by atoms with Crippen molar-refractivity contribution in [2.45, 2.75) is 31.5 Å². The van der Waals surface area contributed by atoms with Crippen molar-refractivity contribution in [1.29, 1.82) is 0 Å². The highest BCUT2D eigenvalue weighted by atomic mass is 32.2. The van der Waals surface area contributed by atoms with Gasteiger partial charge in [0.05, 0.1) is 36.0 Å². The summed E-state index contributed by atoms with van der Waals surface area (Å²) in [5, 5.41) is 11.7. The van der Waals surface area contributed by atoms with Crippen molar-refractivity contribution < 1.29 is 13.5 Å². The van der Waals surface area contributed by atoms with Crippen LogP contribution in [0.3, 0.4) is 0 Å². The molecule has 1 aliphatic rings. The fourth-order valence-electron chi connectivity index (χ4n) is 3.70. The molecular formula is C23H23F2N7OS. The topological polar surface area (TPSA) is 89.8 Å². The van der Waals surface area contributed by atoms with Gasteiger partial charge in [0.25, 0.3) is 0 Å². The van der Waals surface area contributed by atoms with Crippen molar-refractivity contribution in [1.82, 2.24) is 30.0 Å². The summed E-state index contributed by atoms with van der Waals surface area (Å²) in [6.45, 7) is 0.574. The van der Waals surface area contributed by atoms with Crippen LogP contribution in [-0.4, -0.2) is 55.1 Å². The first-order valence-corrected chi connectivity index (χ1v) is 11.9. The van der Waals surface area contributed by atoms with E-state index in [0.717, 1.165) is 29.2 Å². The molecule has 176 valence electrons. The summed E-state index contributed by atoms with van der Waals surface area (Å²) in [6.07, 6.45) is 5.23. The number of aromatic nitrogens is 5. The Labute approximate surface area is 199 Å². The summed E-state index contributed by atoms with van der Waals surface area (Å²) in [4.78, 5) is 13.8. The molecule has 0 amide bonds. The third kappa shape index (κ3) is 5.10. The number of rotatable bonds is 9. The first kappa shape index (κ1) is 22.5. The second-order valence-electron chi connectivity index (χ2n) is 7.81. The van der Waals surface area contributed by atoms with Crippen LogP contribution in [0, 0.1) is 0 Å². The van der Waals surface area contributed by atoms with Gasteiger partial charge >= 0.3 is 6.61 Å². The predicted octanol–water partition coefficient (Wildman–Crippen LogP) is 4.00. The second kappa shape index (κ2) is 9.90. The van der Waals surface area contributed by atoms with E-state index in [1.807, 2.05) is 36.2 Å². The van der Waals surface area contributed by atoms with E-state index in [0.29, 0.717) is 34.8 Å². The summed E-state index contributed by atoms with van der Waals surface area (Å²) >= 11 is 1.89. The maximum Gasteiger partial charge on any atom is 0.387 e. The fourth-order valence-corrected chi connectivity index (χ4v) is 4.72. The van der Waals surface area contributed by atoms with Crippen molar-refractivity contribution in [2.24, 2.45) is 0 Å². The first-order chi connectivity index (χ1) is 16.6. The summed E-state index contributed by atoms with van der Waals surface area (Å²) in [6, 6.07) is 10.7. The Hall–Kier alpha value is -3.31. The molecule has 0 radical (unpaired) electrons. The third-order valence-corrected chi connectivity index (χ3v) is 6.77. The van der Waals surface area contributed by atoms with Gasteiger partial charge in [0.2, 0.25) is 0 Å². The van der Waals surface area contributed by atoms with Crippen LogP contribution in [0.25, 0.3) is 22.4 Å². The molecule has 2 N–H and O–H groups in total. The van der Waals surface area contributed by atoms with Crippen LogP contribution in [-0.2, 0) is 6.54 Å². The molecule has 11 heteroatoms. The van der Waals surface area contributed by atoms with Crippen LogP contribution in [0.2, 0.25) is 0 Å². The molecule has 4 heterocycles. The fraction of sp³-hybridized carbons (Fsp3) is 0.304. The first-order valence-electron chi connectivity index (χ1n) is 10.9. The van der Waals surface area contributed by atoms with Crippen LogP contribution >= 0.6 is 11.8 Å². The van der Waals surface area contributed by atoms with E-state index in [1.54, 1.807) is 29.2 Å². The number of hydrogen-bond donors (Lipinski definition) is 2. The monoisotopic (exact) mass is 483 g/mol. The van der Waals surface area contributed by atoms with Crippen molar-refractivity contribution in [3.63, 3.8) is 0 Å². The summed E-state index contributed by atoms with van der Waals surface area (Å²) < 4.78 is 31.1. The number of likely N-dealkylation sites (N-methyl/N-ethyl adjacent to an activating group) is 1. The van der Waals surface area contributed by atoms with Crippen LogP contribution in [0.5, 0.6) is 5.75 Å². The van der Waals surface area contributed by atoms with Crippen LogP contribution in [0.15, 0.2) is 55.0 Å². The van der Waals surface area contributed by atoms with Gasteiger partial charge in [0.1, 0.15) is 17.1 Å². The van der Waals surface area contributed by atoms with Gasteiger partial charge in [0.15, 0.2) is 5.65 Å². The zero-order valence-corrected chi connectivity index (χ0v) is 19.2. The SMILES string of the molecule is CCNC1SCC1Nc1ccc2ncc(-c3cnn(Cc4cccc(OC(F)F)c4)c3)nc2n1. The standard InChI is InChI=1S/C23H23F2N7OS/c1-2-26-22-19(13-34-22)29-20-7-6-17-21(31-20)30-18(10-27-17)15-9-28-32(12-15)11-14-4-3-5-16(8-14)33-23(24)25/h3-10,12,19,22-23,26H,2,11,13H2,1H3,(H,29,30,31). The number of alkyl halides is 2. The van der Waals surface area contributed by atoms with Crippen LogP contribution < -0.4 is 15.4 Å². The largest absolute Gasteiger partial charge is 0.435 e. The smallest absolute Gasteiger partial charge is 0.387 e.